The molecule has 21 heavy (non-hydrogen) atoms. The Kier molecular flexibility index (Phi) is 3.99. The number of fused-ring (bicyclic) bond motifs is 1. The third kappa shape index (κ3) is 2.82. The second kappa shape index (κ2) is 5.77. The maximum absolute atomic E-state index is 12.7. The number of anilines is 1. The van der Waals surface area contributed by atoms with Crippen LogP contribution in [0, 0.1) is 5.92 Å². The van der Waals surface area contributed by atoms with E-state index >= 15 is 0 Å². The highest BCUT2D eigenvalue weighted by atomic mass is 32.1. The highest BCUT2D eigenvalue weighted by Crippen LogP contribution is 2.22. The van der Waals surface area contributed by atoms with Gasteiger partial charge < -0.3 is 10.6 Å². The van der Waals surface area contributed by atoms with Crippen molar-refractivity contribution in [2.24, 2.45) is 11.7 Å². The van der Waals surface area contributed by atoms with Gasteiger partial charge in [0.2, 0.25) is 5.95 Å². The molecule has 2 N–H and O–H groups in total. The van der Waals surface area contributed by atoms with E-state index in [1.165, 1.54) is 11.3 Å². The molecule has 0 bridgehead atoms. The summed E-state index contributed by atoms with van der Waals surface area (Å²) >= 11 is 1.47. The monoisotopic (exact) mass is 306 g/mol. The average Bonchev–Trinajstić information content (AvgIpc) is 2.90. The van der Waals surface area contributed by atoms with E-state index in [2.05, 4.69) is 18.7 Å². The van der Waals surface area contributed by atoms with Gasteiger partial charge in [-0.15, -0.1) is 11.3 Å². The molecule has 1 fully saturated rings. The van der Waals surface area contributed by atoms with E-state index in [1.54, 1.807) is 0 Å². The lowest BCUT2D eigenvalue weighted by molar-refractivity contribution is 0.467. The Bertz CT molecular complexity index is 691. The summed E-state index contributed by atoms with van der Waals surface area (Å²) in [6.45, 7) is 6.64. The standard InChI is InChI=1S/C15H22N4OS/c1-10(2)8-19-14(20)13-12(5-7-21-13)17-15(19)18-6-3-4-11(16)9-18/h5,7,10-11H,3-4,6,8-9,16H2,1-2H3. The van der Waals surface area contributed by atoms with Gasteiger partial charge in [-0.2, -0.15) is 0 Å². The molecule has 0 spiro atoms. The summed E-state index contributed by atoms with van der Waals surface area (Å²) in [6, 6.07) is 2.09. The quantitative estimate of drug-likeness (QED) is 0.942. The second-order valence-electron chi connectivity index (χ2n) is 6.20. The van der Waals surface area contributed by atoms with Crippen molar-refractivity contribution in [3.05, 3.63) is 21.8 Å². The van der Waals surface area contributed by atoms with Crippen LogP contribution in [0.25, 0.3) is 10.2 Å². The number of hydrogen-bond acceptors (Lipinski definition) is 5. The summed E-state index contributed by atoms with van der Waals surface area (Å²) in [5.74, 6) is 1.19. The van der Waals surface area contributed by atoms with Crippen LogP contribution in [0.2, 0.25) is 0 Å². The molecule has 114 valence electrons. The van der Waals surface area contributed by atoms with Crippen LogP contribution in [-0.2, 0) is 6.54 Å². The predicted molar refractivity (Wildman–Crippen MR) is 88.1 cm³/mol. The largest absolute Gasteiger partial charge is 0.341 e. The molecule has 3 rings (SSSR count). The molecule has 0 aromatic carbocycles. The zero-order valence-corrected chi connectivity index (χ0v) is 13.4. The van der Waals surface area contributed by atoms with Crippen LogP contribution in [0.3, 0.4) is 0 Å². The lowest BCUT2D eigenvalue weighted by Crippen LogP contribution is -2.45. The molecule has 1 saturated heterocycles. The smallest absolute Gasteiger partial charge is 0.272 e. The molecule has 1 aliphatic heterocycles. The number of hydrogen-bond donors (Lipinski definition) is 1. The molecule has 1 aliphatic rings. The summed E-state index contributed by atoms with van der Waals surface area (Å²) < 4.78 is 2.59. The molecule has 2 aromatic rings. The van der Waals surface area contributed by atoms with Crippen molar-refractivity contribution in [3.63, 3.8) is 0 Å². The van der Waals surface area contributed by atoms with Gasteiger partial charge >= 0.3 is 0 Å². The van der Waals surface area contributed by atoms with Crippen LogP contribution in [0.5, 0.6) is 0 Å². The molecule has 1 atom stereocenters. The van der Waals surface area contributed by atoms with E-state index in [9.17, 15) is 4.79 Å². The van der Waals surface area contributed by atoms with E-state index in [1.807, 2.05) is 16.0 Å². The van der Waals surface area contributed by atoms with Gasteiger partial charge in [-0.05, 0) is 30.2 Å². The molecular formula is C15H22N4OS. The lowest BCUT2D eigenvalue weighted by atomic mass is 10.1. The van der Waals surface area contributed by atoms with Gasteiger partial charge in [0.1, 0.15) is 4.70 Å². The maximum Gasteiger partial charge on any atom is 0.272 e. The molecule has 0 amide bonds. The third-order valence-corrected chi connectivity index (χ3v) is 4.73. The van der Waals surface area contributed by atoms with Gasteiger partial charge in [-0.3, -0.25) is 9.36 Å². The van der Waals surface area contributed by atoms with Crippen LogP contribution in [-0.4, -0.2) is 28.7 Å². The fourth-order valence-corrected chi connectivity index (χ4v) is 3.67. The summed E-state index contributed by atoms with van der Waals surface area (Å²) in [6.07, 6.45) is 2.10. The van der Waals surface area contributed by atoms with Gasteiger partial charge in [0, 0.05) is 25.7 Å². The molecule has 0 radical (unpaired) electrons. The first kappa shape index (κ1) is 14.5. The summed E-state index contributed by atoms with van der Waals surface area (Å²) in [7, 11) is 0. The van der Waals surface area contributed by atoms with Crippen LogP contribution in [0.4, 0.5) is 5.95 Å². The Morgan fingerprint density at radius 1 is 1.52 bits per heavy atom. The summed E-state index contributed by atoms with van der Waals surface area (Å²) in [5.41, 5.74) is 6.98. The molecule has 5 nitrogen and oxygen atoms in total. The van der Waals surface area contributed by atoms with Crippen molar-refractivity contribution in [1.82, 2.24) is 9.55 Å². The number of rotatable bonds is 3. The van der Waals surface area contributed by atoms with Crippen molar-refractivity contribution in [1.29, 1.82) is 0 Å². The van der Waals surface area contributed by atoms with Crippen molar-refractivity contribution in [2.45, 2.75) is 39.3 Å². The van der Waals surface area contributed by atoms with Crippen LogP contribution in [0.1, 0.15) is 26.7 Å². The van der Waals surface area contributed by atoms with E-state index in [-0.39, 0.29) is 11.6 Å². The second-order valence-corrected chi connectivity index (χ2v) is 7.12. The van der Waals surface area contributed by atoms with E-state index < -0.39 is 0 Å². The average molecular weight is 306 g/mol. The molecule has 1 unspecified atom stereocenters. The topological polar surface area (TPSA) is 64.2 Å². The Morgan fingerprint density at radius 3 is 3.05 bits per heavy atom. The van der Waals surface area contributed by atoms with Crippen molar-refractivity contribution < 1.29 is 0 Å². The number of nitrogens with two attached hydrogens (primary N) is 1. The normalized spacial score (nSPS) is 19.6. The van der Waals surface area contributed by atoms with E-state index in [4.69, 9.17) is 10.7 Å². The molecule has 6 heteroatoms. The zero-order chi connectivity index (χ0) is 15.0. The maximum atomic E-state index is 12.7. The number of aromatic nitrogens is 2. The minimum Gasteiger partial charge on any atom is -0.341 e. The van der Waals surface area contributed by atoms with Crippen LogP contribution >= 0.6 is 11.3 Å². The molecule has 2 aromatic heterocycles. The molecular weight excluding hydrogens is 284 g/mol. The zero-order valence-electron chi connectivity index (χ0n) is 12.6. The molecule has 3 heterocycles. The fraction of sp³-hybridized carbons (Fsp3) is 0.600. The third-order valence-electron chi connectivity index (χ3n) is 3.83. The number of nitrogens with zero attached hydrogens (tertiary/aromatic N) is 3. The van der Waals surface area contributed by atoms with Gasteiger partial charge in [0.05, 0.1) is 5.52 Å². The Hall–Kier alpha value is -1.40. The fourth-order valence-electron chi connectivity index (χ4n) is 2.89. The predicted octanol–water partition coefficient (Wildman–Crippen LogP) is 2.04. The van der Waals surface area contributed by atoms with Gasteiger partial charge in [-0.25, -0.2) is 4.98 Å². The first-order valence-electron chi connectivity index (χ1n) is 7.55. The van der Waals surface area contributed by atoms with Crippen molar-refractivity contribution >= 4 is 27.5 Å². The summed E-state index contributed by atoms with van der Waals surface area (Å²) in [5, 5.41) is 1.94. The van der Waals surface area contributed by atoms with Gasteiger partial charge in [-0.1, -0.05) is 13.8 Å². The minimum atomic E-state index is 0.0813. The number of thiophene rings is 1. The molecule has 0 saturated carbocycles. The summed E-state index contributed by atoms with van der Waals surface area (Å²) in [4.78, 5) is 19.7. The first-order valence-corrected chi connectivity index (χ1v) is 8.43. The number of piperidine rings is 1. The van der Waals surface area contributed by atoms with Crippen LogP contribution in [0.15, 0.2) is 16.2 Å². The van der Waals surface area contributed by atoms with E-state index in [0.29, 0.717) is 12.5 Å². The van der Waals surface area contributed by atoms with Crippen molar-refractivity contribution in [3.8, 4) is 0 Å². The lowest BCUT2D eigenvalue weighted by Gasteiger charge is -2.33. The molecule has 0 aliphatic carbocycles. The van der Waals surface area contributed by atoms with E-state index in [0.717, 1.165) is 42.1 Å². The van der Waals surface area contributed by atoms with Gasteiger partial charge in [0.25, 0.3) is 5.56 Å². The Morgan fingerprint density at radius 2 is 2.33 bits per heavy atom. The SMILES string of the molecule is CC(C)Cn1c(N2CCCC(N)C2)nc2ccsc2c1=O. The first-order chi connectivity index (χ1) is 10.1. The minimum absolute atomic E-state index is 0.0813. The van der Waals surface area contributed by atoms with Crippen LogP contribution < -0.4 is 16.2 Å². The highest BCUT2D eigenvalue weighted by molar-refractivity contribution is 7.17. The van der Waals surface area contributed by atoms with Crippen molar-refractivity contribution in [2.75, 3.05) is 18.0 Å². The highest BCUT2D eigenvalue weighted by Gasteiger charge is 2.23. The van der Waals surface area contributed by atoms with Gasteiger partial charge in [0.15, 0.2) is 0 Å². The Balaban J connectivity index is 2.12. The Labute approximate surface area is 128 Å².